The molecule has 0 bridgehead atoms. The molecule has 5 nitrogen and oxygen atoms in total. The average molecular weight is 330 g/mol. The van der Waals surface area contributed by atoms with Crippen LogP contribution in [0.15, 0.2) is 24.3 Å². The zero-order valence-electron chi connectivity index (χ0n) is 14.4. The fraction of sp³-hybridized carbons (Fsp3) is 0.579. The van der Waals surface area contributed by atoms with Crippen LogP contribution in [0, 0.1) is 6.92 Å². The zero-order valence-corrected chi connectivity index (χ0v) is 14.4. The van der Waals surface area contributed by atoms with Crippen molar-refractivity contribution in [2.45, 2.75) is 32.3 Å². The highest BCUT2D eigenvalue weighted by atomic mass is 16.5. The van der Waals surface area contributed by atoms with Crippen LogP contribution in [0.3, 0.4) is 0 Å². The van der Waals surface area contributed by atoms with Crippen LogP contribution in [0.2, 0.25) is 0 Å². The first-order valence-electron chi connectivity index (χ1n) is 8.86. The van der Waals surface area contributed by atoms with E-state index in [1.54, 1.807) is 0 Å². The van der Waals surface area contributed by atoms with Crippen molar-refractivity contribution in [2.75, 3.05) is 39.3 Å². The van der Waals surface area contributed by atoms with Gasteiger partial charge in [-0.15, -0.1) is 0 Å². The lowest BCUT2D eigenvalue weighted by atomic mass is 10.1. The van der Waals surface area contributed by atoms with E-state index in [4.69, 9.17) is 4.74 Å². The first-order chi connectivity index (χ1) is 11.6. The summed E-state index contributed by atoms with van der Waals surface area (Å²) in [5, 5.41) is 0. The van der Waals surface area contributed by atoms with E-state index in [1.165, 1.54) is 5.56 Å². The molecule has 2 aliphatic rings. The van der Waals surface area contributed by atoms with E-state index in [0.29, 0.717) is 13.0 Å². The monoisotopic (exact) mass is 330 g/mol. The van der Waals surface area contributed by atoms with Crippen molar-refractivity contribution in [1.29, 1.82) is 0 Å². The number of hydrogen-bond donors (Lipinski definition) is 0. The Morgan fingerprint density at radius 1 is 1.12 bits per heavy atom. The molecule has 24 heavy (non-hydrogen) atoms. The van der Waals surface area contributed by atoms with Crippen LogP contribution in [0.4, 0.5) is 0 Å². The molecule has 0 saturated carbocycles. The molecule has 0 aromatic heterocycles. The summed E-state index contributed by atoms with van der Waals surface area (Å²) in [4.78, 5) is 28.7. The molecule has 5 heteroatoms. The van der Waals surface area contributed by atoms with Gasteiger partial charge in [0.25, 0.3) is 5.91 Å². The van der Waals surface area contributed by atoms with Gasteiger partial charge in [0, 0.05) is 51.3 Å². The number of ether oxygens (including phenoxy) is 1. The van der Waals surface area contributed by atoms with Gasteiger partial charge in [-0.3, -0.25) is 14.5 Å². The van der Waals surface area contributed by atoms with Gasteiger partial charge in [0.15, 0.2) is 5.78 Å². The summed E-state index contributed by atoms with van der Waals surface area (Å²) < 4.78 is 5.48. The van der Waals surface area contributed by atoms with Gasteiger partial charge >= 0.3 is 0 Å². The summed E-state index contributed by atoms with van der Waals surface area (Å²) in [6.45, 7) is 6.62. The summed E-state index contributed by atoms with van der Waals surface area (Å²) >= 11 is 0. The van der Waals surface area contributed by atoms with Crippen LogP contribution in [-0.4, -0.2) is 66.9 Å². The van der Waals surface area contributed by atoms with Crippen LogP contribution in [0.25, 0.3) is 0 Å². The number of ketones is 1. The summed E-state index contributed by atoms with van der Waals surface area (Å²) in [6, 6.07) is 7.75. The van der Waals surface area contributed by atoms with E-state index in [2.05, 4.69) is 4.90 Å². The Labute approximate surface area is 143 Å². The van der Waals surface area contributed by atoms with Crippen molar-refractivity contribution < 1.29 is 14.3 Å². The molecule has 0 N–H and O–H groups in total. The van der Waals surface area contributed by atoms with Gasteiger partial charge in [0.1, 0.15) is 6.10 Å². The Kier molecular flexibility index (Phi) is 5.63. The number of rotatable bonds is 5. The smallest absolute Gasteiger partial charge is 0.251 e. The predicted molar refractivity (Wildman–Crippen MR) is 92.1 cm³/mol. The second-order valence-corrected chi connectivity index (χ2v) is 6.71. The van der Waals surface area contributed by atoms with Crippen LogP contribution >= 0.6 is 0 Å². The van der Waals surface area contributed by atoms with Crippen molar-refractivity contribution in [2.24, 2.45) is 0 Å². The van der Waals surface area contributed by atoms with Gasteiger partial charge < -0.3 is 9.64 Å². The van der Waals surface area contributed by atoms with E-state index < -0.39 is 0 Å². The number of carbonyl (C=O) groups excluding carboxylic acids is 2. The minimum atomic E-state index is -0.223. The molecule has 130 valence electrons. The first kappa shape index (κ1) is 17.1. The minimum Gasteiger partial charge on any atom is -0.368 e. The summed E-state index contributed by atoms with van der Waals surface area (Å²) in [5.74, 6) is 0.329. The number of hydrogen-bond acceptors (Lipinski definition) is 4. The van der Waals surface area contributed by atoms with Crippen molar-refractivity contribution in [3.05, 3.63) is 35.4 Å². The highest BCUT2D eigenvalue weighted by molar-refractivity contribution is 5.96. The van der Waals surface area contributed by atoms with Gasteiger partial charge in [-0.2, -0.15) is 0 Å². The Morgan fingerprint density at radius 2 is 1.83 bits per heavy atom. The number of carbonyl (C=O) groups is 2. The molecule has 0 aliphatic carbocycles. The Balaban J connectivity index is 1.41. The third kappa shape index (κ3) is 4.22. The molecule has 2 fully saturated rings. The minimum absolute atomic E-state index is 0.142. The third-order valence-corrected chi connectivity index (χ3v) is 4.92. The maximum Gasteiger partial charge on any atom is 0.251 e. The van der Waals surface area contributed by atoms with Crippen molar-refractivity contribution in [3.63, 3.8) is 0 Å². The SMILES string of the molecule is Cc1ccc(C(=O)CCN2CCN(C(=O)[C@@H]3CCCO3)CC2)cc1. The Bertz CT molecular complexity index is 571. The molecule has 2 heterocycles. The lowest BCUT2D eigenvalue weighted by Gasteiger charge is -2.35. The van der Waals surface area contributed by atoms with Gasteiger partial charge in [0.05, 0.1) is 0 Å². The molecule has 1 atom stereocenters. The molecule has 0 radical (unpaired) electrons. The average Bonchev–Trinajstić information content (AvgIpc) is 3.15. The van der Waals surface area contributed by atoms with Gasteiger partial charge in [0.2, 0.25) is 0 Å². The number of benzene rings is 1. The quantitative estimate of drug-likeness (QED) is 0.774. The van der Waals surface area contributed by atoms with Crippen molar-refractivity contribution >= 4 is 11.7 Å². The summed E-state index contributed by atoms with van der Waals surface area (Å²) in [6.07, 6.45) is 2.14. The summed E-state index contributed by atoms with van der Waals surface area (Å²) in [7, 11) is 0. The molecule has 2 aliphatic heterocycles. The maximum absolute atomic E-state index is 12.3. The van der Waals surface area contributed by atoms with Crippen molar-refractivity contribution in [3.8, 4) is 0 Å². The zero-order chi connectivity index (χ0) is 16.9. The Morgan fingerprint density at radius 3 is 2.46 bits per heavy atom. The van der Waals surface area contributed by atoms with Gasteiger partial charge in [-0.05, 0) is 19.8 Å². The molecule has 1 aromatic rings. The van der Waals surface area contributed by atoms with Crippen molar-refractivity contribution in [1.82, 2.24) is 9.80 Å². The highest BCUT2D eigenvalue weighted by Crippen LogP contribution is 2.16. The highest BCUT2D eigenvalue weighted by Gasteiger charge is 2.30. The third-order valence-electron chi connectivity index (χ3n) is 4.92. The van der Waals surface area contributed by atoms with Gasteiger partial charge in [-0.25, -0.2) is 0 Å². The molecule has 0 unspecified atom stereocenters. The number of piperazine rings is 1. The van der Waals surface area contributed by atoms with Crippen LogP contribution in [0.1, 0.15) is 35.2 Å². The fourth-order valence-electron chi connectivity index (χ4n) is 3.31. The second-order valence-electron chi connectivity index (χ2n) is 6.71. The van der Waals surface area contributed by atoms with Crippen LogP contribution in [0.5, 0.6) is 0 Å². The Hall–Kier alpha value is -1.72. The molecule has 1 aromatic carbocycles. The lowest BCUT2D eigenvalue weighted by Crippen LogP contribution is -2.51. The number of amides is 1. The topological polar surface area (TPSA) is 49.9 Å². The molecule has 1 amide bonds. The standard InChI is InChI=1S/C19H26N2O3/c1-15-4-6-16(7-5-15)17(22)8-9-20-10-12-21(13-11-20)19(23)18-3-2-14-24-18/h4-7,18H,2-3,8-14H2,1H3/t18-/m0/s1. The normalized spacial score (nSPS) is 21.9. The van der Waals surface area contributed by atoms with E-state index in [1.807, 2.05) is 36.1 Å². The largest absolute Gasteiger partial charge is 0.368 e. The molecular formula is C19H26N2O3. The molecule has 3 rings (SSSR count). The van der Waals surface area contributed by atoms with Gasteiger partial charge in [-0.1, -0.05) is 29.8 Å². The molecular weight excluding hydrogens is 304 g/mol. The lowest BCUT2D eigenvalue weighted by molar-refractivity contribution is -0.142. The number of nitrogens with zero attached hydrogens (tertiary/aromatic N) is 2. The first-order valence-corrected chi connectivity index (χ1v) is 8.86. The van der Waals surface area contributed by atoms with E-state index >= 15 is 0 Å². The number of Topliss-reactive ketones (excluding diaryl/α,β-unsaturated/α-hetero) is 1. The second kappa shape index (κ2) is 7.90. The van der Waals surface area contributed by atoms with E-state index in [9.17, 15) is 9.59 Å². The summed E-state index contributed by atoms with van der Waals surface area (Å²) in [5.41, 5.74) is 1.95. The maximum atomic E-state index is 12.3. The molecule has 0 spiro atoms. The number of aryl methyl sites for hydroxylation is 1. The van der Waals surface area contributed by atoms with E-state index in [0.717, 1.165) is 51.1 Å². The molecule has 2 saturated heterocycles. The predicted octanol–water partition coefficient (Wildman–Crippen LogP) is 1.89. The van der Waals surface area contributed by atoms with Crippen LogP contribution < -0.4 is 0 Å². The fourth-order valence-corrected chi connectivity index (χ4v) is 3.31. The van der Waals surface area contributed by atoms with Crippen LogP contribution in [-0.2, 0) is 9.53 Å². The van der Waals surface area contributed by atoms with E-state index in [-0.39, 0.29) is 17.8 Å².